The van der Waals surface area contributed by atoms with Gasteiger partial charge in [0.05, 0.1) is 5.56 Å². The average Bonchev–Trinajstić information content (AvgIpc) is 2.36. The Bertz CT molecular complexity index is 497. The third-order valence-electron chi connectivity index (χ3n) is 3.01. The van der Waals surface area contributed by atoms with Gasteiger partial charge in [0.1, 0.15) is 0 Å². The monoisotopic (exact) mass is 282 g/mol. The normalized spacial score (nSPS) is 12.4. The summed E-state index contributed by atoms with van der Waals surface area (Å²) in [5.41, 5.74) is 0.314. The SMILES string of the molecule is C=CCSc1nc(O)c([C@@H](C)CCC)c(=O)n1CC. The highest BCUT2D eigenvalue weighted by Gasteiger charge is 2.20. The average molecular weight is 282 g/mol. The molecule has 1 N–H and O–H groups in total. The van der Waals surface area contributed by atoms with Gasteiger partial charge in [-0.1, -0.05) is 38.1 Å². The molecule has 1 aromatic heterocycles. The summed E-state index contributed by atoms with van der Waals surface area (Å²) in [4.78, 5) is 16.6. The van der Waals surface area contributed by atoms with Crippen LogP contribution in [0.15, 0.2) is 22.6 Å². The minimum Gasteiger partial charge on any atom is -0.493 e. The Hall–Kier alpha value is -1.23. The van der Waals surface area contributed by atoms with E-state index < -0.39 is 0 Å². The number of nitrogens with zero attached hydrogens (tertiary/aromatic N) is 2. The molecule has 0 unspecified atom stereocenters. The first-order valence-electron chi connectivity index (χ1n) is 6.64. The molecule has 0 aliphatic carbocycles. The zero-order valence-electron chi connectivity index (χ0n) is 11.8. The number of thioether (sulfide) groups is 1. The summed E-state index contributed by atoms with van der Waals surface area (Å²) in [5, 5.41) is 10.6. The second-order valence-corrected chi connectivity index (χ2v) is 5.46. The fraction of sp³-hybridized carbons (Fsp3) is 0.571. The van der Waals surface area contributed by atoms with Crippen LogP contribution in [0, 0.1) is 0 Å². The molecule has 0 aromatic carbocycles. The van der Waals surface area contributed by atoms with Gasteiger partial charge in [0.2, 0.25) is 5.88 Å². The third-order valence-corrected chi connectivity index (χ3v) is 3.98. The van der Waals surface area contributed by atoms with E-state index in [9.17, 15) is 9.90 Å². The second kappa shape index (κ2) is 7.38. The number of aromatic nitrogens is 2. The highest BCUT2D eigenvalue weighted by molar-refractivity contribution is 7.99. The van der Waals surface area contributed by atoms with Crippen LogP contribution in [0.2, 0.25) is 0 Å². The first-order chi connectivity index (χ1) is 9.06. The highest BCUT2D eigenvalue weighted by atomic mass is 32.2. The standard InChI is InChI=1S/C14H22N2O2S/c1-5-8-10(4)11-12(17)15-14(19-9-6-2)16(7-3)13(11)18/h6,10,17H,2,5,7-9H2,1,3-4H3/t10-/m0/s1. The van der Waals surface area contributed by atoms with Crippen molar-refractivity contribution in [2.45, 2.75) is 51.2 Å². The van der Waals surface area contributed by atoms with Crippen LogP contribution in [0.5, 0.6) is 5.88 Å². The number of hydrogen-bond acceptors (Lipinski definition) is 4. The van der Waals surface area contributed by atoms with Gasteiger partial charge < -0.3 is 5.11 Å². The fourth-order valence-electron chi connectivity index (χ4n) is 2.07. The van der Waals surface area contributed by atoms with Crippen LogP contribution in [0.3, 0.4) is 0 Å². The van der Waals surface area contributed by atoms with Gasteiger partial charge in [-0.15, -0.1) is 6.58 Å². The van der Waals surface area contributed by atoms with Crippen LogP contribution < -0.4 is 5.56 Å². The molecule has 0 bridgehead atoms. The van der Waals surface area contributed by atoms with Crippen molar-refractivity contribution in [2.75, 3.05) is 5.75 Å². The van der Waals surface area contributed by atoms with Crippen molar-refractivity contribution in [1.29, 1.82) is 0 Å². The lowest BCUT2D eigenvalue weighted by atomic mass is 9.98. The molecule has 106 valence electrons. The van der Waals surface area contributed by atoms with Crippen LogP contribution in [-0.2, 0) is 6.54 Å². The van der Waals surface area contributed by atoms with E-state index in [0.717, 1.165) is 12.8 Å². The quantitative estimate of drug-likeness (QED) is 0.474. The van der Waals surface area contributed by atoms with E-state index in [1.54, 1.807) is 10.6 Å². The van der Waals surface area contributed by atoms with Gasteiger partial charge in [0.15, 0.2) is 5.16 Å². The van der Waals surface area contributed by atoms with Gasteiger partial charge in [0, 0.05) is 12.3 Å². The van der Waals surface area contributed by atoms with Crippen LogP contribution in [-0.4, -0.2) is 20.4 Å². The second-order valence-electron chi connectivity index (χ2n) is 4.47. The molecule has 0 saturated carbocycles. The molecule has 0 aliphatic rings. The van der Waals surface area contributed by atoms with Crippen LogP contribution in [0.25, 0.3) is 0 Å². The van der Waals surface area contributed by atoms with Crippen LogP contribution in [0.1, 0.15) is 45.1 Å². The predicted octanol–water partition coefficient (Wildman–Crippen LogP) is 3.15. The van der Waals surface area contributed by atoms with Crippen molar-refractivity contribution >= 4 is 11.8 Å². The highest BCUT2D eigenvalue weighted by Crippen LogP contribution is 2.26. The van der Waals surface area contributed by atoms with E-state index in [1.165, 1.54) is 11.8 Å². The van der Waals surface area contributed by atoms with Gasteiger partial charge in [-0.25, -0.2) is 0 Å². The largest absolute Gasteiger partial charge is 0.493 e. The zero-order valence-corrected chi connectivity index (χ0v) is 12.7. The summed E-state index contributed by atoms with van der Waals surface area (Å²) in [5.74, 6) is 0.568. The van der Waals surface area contributed by atoms with E-state index in [1.807, 2.05) is 13.8 Å². The molecule has 1 aromatic rings. The zero-order chi connectivity index (χ0) is 14.4. The van der Waals surface area contributed by atoms with Gasteiger partial charge in [-0.2, -0.15) is 4.98 Å². The summed E-state index contributed by atoms with van der Waals surface area (Å²) >= 11 is 1.41. The van der Waals surface area contributed by atoms with Crippen molar-refractivity contribution < 1.29 is 5.11 Å². The third kappa shape index (κ3) is 3.62. The van der Waals surface area contributed by atoms with E-state index >= 15 is 0 Å². The fourth-order valence-corrected chi connectivity index (χ4v) is 2.86. The van der Waals surface area contributed by atoms with Gasteiger partial charge in [-0.05, 0) is 19.3 Å². The lowest BCUT2D eigenvalue weighted by Crippen LogP contribution is -2.27. The molecule has 5 heteroatoms. The summed E-state index contributed by atoms with van der Waals surface area (Å²) < 4.78 is 1.62. The van der Waals surface area contributed by atoms with Gasteiger partial charge in [0.25, 0.3) is 5.56 Å². The Labute approximate surface area is 118 Å². The van der Waals surface area contributed by atoms with Crippen molar-refractivity contribution in [3.05, 3.63) is 28.6 Å². The predicted molar refractivity (Wildman–Crippen MR) is 80.1 cm³/mol. The maximum absolute atomic E-state index is 12.4. The lowest BCUT2D eigenvalue weighted by molar-refractivity contribution is 0.415. The van der Waals surface area contributed by atoms with Crippen LogP contribution >= 0.6 is 11.8 Å². The molecule has 0 spiro atoms. The first kappa shape index (κ1) is 15.8. The number of aromatic hydroxyl groups is 1. The molecular formula is C14H22N2O2S. The van der Waals surface area contributed by atoms with Gasteiger partial charge in [-0.3, -0.25) is 9.36 Å². The van der Waals surface area contributed by atoms with E-state index in [4.69, 9.17) is 0 Å². The molecule has 0 amide bonds. The summed E-state index contributed by atoms with van der Waals surface area (Å²) in [6.45, 7) is 10.1. The Morgan fingerprint density at radius 1 is 1.53 bits per heavy atom. The van der Waals surface area contributed by atoms with Crippen LogP contribution in [0.4, 0.5) is 0 Å². The Morgan fingerprint density at radius 2 is 2.21 bits per heavy atom. The van der Waals surface area contributed by atoms with E-state index in [0.29, 0.717) is 23.0 Å². The van der Waals surface area contributed by atoms with Crippen molar-refractivity contribution in [3.8, 4) is 5.88 Å². The molecular weight excluding hydrogens is 260 g/mol. The molecule has 1 heterocycles. The Balaban J connectivity index is 3.29. The summed E-state index contributed by atoms with van der Waals surface area (Å²) in [6.07, 6.45) is 3.59. The molecule has 0 radical (unpaired) electrons. The summed E-state index contributed by atoms with van der Waals surface area (Å²) in [6, 6.07) is 0. The topological polar surface area (TPSA) is 55.1 Å². The van der Waals surface area contributed by atoms with Crippen molar-refractivity contribution in [3.63, 3.8) is 0 Å². The van der Waals surface area contributed by atoms with E-state index in [2.05, 4.69) is 18.5 Å². The number of rotatable bonds is 7. The minimum atomic E-state index is -0.123. The number of hydrogen-bond donors (Lipinski definition) is 1. The molecule has 4 nitrogen and oxygen atoms in total. The Kier molecular flexibility index (Phi) is 6.15. The minimum absolute atomic E-state index is 0.0289. The molecule has 1 rings (SSSR count). The summed E-state index contributed by atoms with van der Waals surface area (Å²) in [7, 11) is 0. The Morgan fingerprint density at radius 3 is 2.74 bits per heavy atom. The lowest BCUT2D eigenvalue weighted by Gasteiger charge is -2.16. The molecule has 1 atom stereocenters. The smallest absolute Gasteiger partial charge is 0.261 e. The molecule has 0 saturated heterocycles. The van der Waals surface area contributed by atoms with Crippen molar-refractivity contribution in [2.24, 2.45) is 0 Å². The maximum Gasteiger partial charge on any atom is 0.261 e. The maximum atomic E-state index is 12.4. The van der Waals surface area contributed by atoms with E-state index in [-0.39, 0.29) is 17.4 Å². The first-order valence-corrected chi connectivity index (χ1v) is 7.62. The molecule has 19 heavy (non-hydrogen) atoms. The van der Waals surface area contributed by atoms with Gasteiger partial charge >= 0.3 is 0 Å². The van der Waals surface area contributed by atoms with Crippen molar-refractivity contribution in [1.82, 2.24) is 9.55 Å². The molecule has 0 fully saturated rings. The molecule has 0 aliphatic heterocycles.